The normalized spacial score (nSPS) is 27.1. The predicted molar refractivity (Wildman–Crippen MR) is 78.2 cm³/mol. The van der Waals surface area contributed by atoms with Gasteiger partial charge in [-0.25, -0.2) is 0 Å². The van der Waals surface area contributed by atoms with Gasteiger partial charge in [-0.1, -0.05) is 13.3 Å². The van der Waals surface area contributed by atoms with Gasteiger partial charge in [-0.15, -0.1) is 11.3 Å². The van der Waals surface area contributed by atoms with Crippen molar-refractivity contribution in [2.75, 3.05) is 13.1 Å². The van der Waals surface area contributed by atoms with Gasteiger partial charge in [0, 0.05) is 18.0 Å². The van der Waals surface area contributed by atoms with Crippen molar-refractivity contribution in [1.29, 1.82) is 0 Å². The first-order chi connectivity index (χ1) is 9.28. The molecule has 0 saturated carbocycles. The summed E-state index contributed by atoms with van der Waals surface area (Å²) < 4.78 is 0. The van der Waals surface area contributed by atoms with E-state index in [0.717, 1.165) is 38.4 Å². The van der Waals surface area contributed by atoms with E-state index in [4.69, 9.17) is 0 Å². The topological polar surface area (TPSA) is 32.3 Å². The van der Waals surface area contributed by atoms with Crippen LogP contribution in [0, 0.1) is 5.92 Å². The number of thiophene rings is 1. The van der Waals surface area contributed by atoms with Crippen LogP contribution in [0.15, 0.2) is 11.4 Å². The SMILES string of the molecule is CCC1CCNC(C(=O)N2CCc3sccc3C2)C1. The summed E-state index contributed by atoms with van der Waals surface area (Å²) in [6.45, 7) is 4.93. The van der Waals surface area contributed by atoms with E-state index in [9.17, 15) is 4.79 Å². The standard InChI is InChI=1S/C15H22N2OS/c1-2-11-3-6-16-13(9-11)15(18)17-7-4-14-12(10-17)5-8-19-14/h5,8,11,13,16H,2-4,6-7,9-10H2,1H3. The van der Waals surface area contributed by atoms with Crippen LogP contribution < -0.4 is 5.32 Å². The van der Waals surface area contributed by atoms with Crippen LogP contribution in [0.25, 0.3) is 0 Å². The minimum absolute atomic E-state index is 0.0545. The highest BCUT2D eigenvalue weighted by atomic mass is 32.1. The molecule has 2 atom stereocenters. The monoisotopic (exact) mass is 278 g/mol. The van der Waals surface area contributed by atoms with E-state index in [2.05, 4.69) is 23.7 Å². The maximum Gasteiger partial charge on any atom is 0.240 e. The summed E-state index contributed by atoms with van der Waals surface area (Å²) in [5, 5.41) is 5.55. The minimum Gasteiger partial charge on any atom is -0.337 e. The number of carbonyl (C=O) groups excluding carboxylic acids is 1. The van der Waals surface area contributed by atoms with E-state index in [-0.39, 0.29) is 6.04 Å². The van der Waals surface area contributed by atoms with Crippen LogP contribution >= 0.6 is 11.3 Å². The van der Waals surface area contributed by atoms with E-state index in [1.807, 2.05) is 16.2 Å². The lowest BCUT2D eigenvalue weighted by Crippen LogP contribution is -2.51. The average molecular weight is 278 g/mol. The van der Waals surface area contributed by atoms with Crippen molar-refractivity contribution in [2.45, 2.75) is 45.2 Å². The maximum absolute atomic E-state index is 12.6. The molecule has 104 valence electrons. The molecule has 0 aliphatic carbocycles. The number of nitrogens with one attached hydrogen (secondary N) is 1. The predicted octanol–water partition coefficient (Wildman–Crippen LogP) is 2.41. The van der Waals surface area contributed by atoms with Crippen molar-refractivity contribution < 1.29 is 4.79 Å². The number of hydrogen-bond donors (Lipinski definition) is 1. The molecule has 2 aliphatic rings. The zero-order chi connectivity index (χ0) is 13.2. The first-order valence-corrected chi connectivity index (χ1v) is 8.23. The molecule has 0 aromatic carbocycles. The van der Waals surface area contributed by atoms with Crippen LogP contribution in [0.5, 0.6) is 0 Å². The quantitative estimate of drug-likeness (QED) is 0.901. The number of carbonyl (C=O) groups is 1. The third-order valence-corrected chi connectivity index (χ3v) is 5.53. The van der Waals surface area contributed by atoms with Crippen LogP contribution in [0.4, 0.5) is 0 Å². The molecule has 3 rings (SSSR count). The van der Waals surface area contributed by atoms with Crippen LogP contribution in [0.3, 0.4) is 0 Å². The lowest BCUT2D eigenvalue weighted by atomic mass is 9.89. The molecule has 1 fully saturated rings. The van der Waals surface area contributed by atoms with E-state index < -0.39 is 0 Å². The lowest BCUT2D eigenvalue weighted by Gasteiger charge is -2.34. The summed E-state index contributed by atoms with van der Waals surface area (Å²) in [4.78, 5) is 16.1. The molecule has 3 heterocycles. The van der Waals surface area contributed by atoms with E-state index in [0.29, 0.717) is 5.91 Å². The summed E-state index contributed by atoms with van der Waals surface area (Å²) >= 11 is 1.83. The van der Waals surface area contributed by atoms with Gasteiger partial charge in [-0.2, -0.15) is 0 Å². The molecule has 4 heteroatoms. The molecule has 1 aromatic rings. The van der Waals surface area contributed by atoms with Crippen molar-refractivity contribution in [1.82, 2.24) is 10.2 Å². The Morgan fingerprint density at radius 2 is 2.47 bits per heavy atom. The summed E-state index contributed by atoms with van der Waals surface area (Å²) in [5.41, 5.74) is 1.35. The number of piperidine rings is 1. The highest BCUT2D eigenvalue weighted by Gasteiger charge is 2.31. The smallest absolute Gasteiger partial charge is 0.240 e. The second-order valence-corrected chi connectivity index (χ2v) is 6.68. The molecule has 0 bridgehead atoms. The van der Waals surface area contributed by atoms with Crippen molar-refractivity contribution in [3.05, 3.63) is 21.9 Å². The van der Waals surface area contributed by atoms with E-state index in [1.165, 1.54) is 23.3 Å². The van der Waals surface area contributed by atoms with Crippen molar-refractivity contribution in [3.8, 4) is 0 Å². The summed E-state index contributed by atoms with van der Waals surface area (Å²) in [6, 6.07) is 2.22. The zero-order valence-corrected chi connectivity index (χ0v) is 12.3. The molecule has 1 N–H and O–H groups in total. The van der Waals surface area contributed by atoms with Crippen molar-refractivity contribution >= 4 is 17.2 Å². The third kappa shape index (κ3) is 2.70. The highest BCUT2D eigenvalue weighted by Crippen LogP contribution is 2.26. The first-order valence-electron chi connectivity index (χ1n) is 7.35. The molecule has 1 amide bonds. The Kier molecular flexibility index (Phi) is 3.89. The number of hydrogen-bond acceptors (Lipinski definition) is 3. The van der Waals surface area contributed by atoms with E-state index >= 15 is 0 Å². The Bertz CT molecular complexity index is 457. The van der Waals surface area contributed by atoms with Gasteiger partial charge in [-0.3, -0.25) is 4.79 Å². The molecular weight excluding hydrogens is 256 g/mol. The number of rotatable bonds is 2. The van der Waals surface area contributed by atoms with Gasteiger partial charge in [0.2, 0.25) is 5.91 Å². The van der Waals surface area contributed by atoms with Crippen LogP contribution in [-0.2, 0) is 17.8 Å². The Hall–Kier alpha value is -0.870. The second kappa shape index (κ2) is 5.63. The first kappa shape index (κ1) is 13.1. The summed E-state index contributed by atoms with van der Waals surface area (Å²) in [5.74, 6) is 1.03. The molecule has 1 aromatic heterocycles. The van der Waals surface area contributed by atoms with Gasteiger partial charge in [0.05, 0.1) is 6.04 Å². The molecular formula is C15H22N2OS. The largest absolute Gasteiger partial charge is 0.337 e. The molecule has 0 spiro atoms. The van der Waals surface area contributed by atoms with Crippen molar-refractivity contribution in [3.63, 3.8) is 0 Å². The number of fused-ring (bicyclic) bond motifs is 1. The number of amides is 1. The Labute approximate surface area is 119 Å². The minimum atomic E-state index is 0.0545. The van der Waals surface area contributed by atoms with Gasteiger partial charge in [-0.05, 0) is 48.7 Å². The van der Waals surface area contributed by atoms with Gasteiger partial charge in [0.25, 0.3) is 0 Å². The van der Waals surface area contributed by atoms with Gasteiger partial charge in [0.15, 0.2) is 0 Å². The Morgan fingerprint density at radius 3 is 3.32 bits per heavy atom. The fraction of sp³-hybridized carbons (Fsp3) is 0.667. The van der Waals surface area contributed by atoms with Crippen molar-refractivity contribution in [2.24, 2.45) is 5.92 Å². The molecule has 0 radical (unpaired) electrons. The van der Waals surface area contributed by atoms with Crippen LogP contribution in [-0.4, -0.2) is 29.9 Å². The maximum atomic E-state index is 12.6. The van der Waals surface area contributed by atoms with Crippen LogP contribution in [0.2, 0.25) is 0 Å². The fourth-order valence-electron chi connectivity index (χ4n) is 3.21. The fourth-order valence-corrected chi connectivity index (χ4v) is 4.10. The summed E-state index contributed by atoms with van der Waals surface area (Å²) in [7, 11) is 0. The molecule has 1 saturated heterocycles. The molecule has 19 heavy (non-hydrogen) atoms. The third-order valence-electron chi connectivity index (χ3n) is 4.51. The Balaban J connectivity index is 1.65. The Morgan fingerprint density at radius 1 is 1.58 bits per heavy atom. The summed E-state index contributed by atoms with van der Waals surface area (Å²) in [6.07, 6.45) is 4.46. The van der Waals surface area contributed by atoms with Gasteiger partial charge >= 0.3 is 0 Å². The number of nitrogens with zero attached hydrogens (tertiary/aromatic N) is 1. The molecule has 2 unspecified atom stereocenters. The van der Waals surface area contributed by atoms with Gasteiger partial charge < -0.3 is 10.2 Å². The molecule has 3 nitrogen and oxygen atoms in total. The molecule has 2 aliphatic heterocycles. The zero-order valence-electron chi connectivity index (χ0n) is 11.5. The van der Waals surface area contributed by atoms with E-state index in [1.54, 1.807) is 0 Å². The average Bonchev–Trinajstić information content (AvgIpc) is 2.94. The highest BCUT2D eigenvalue weighted by molar-refractivity contribution is 7.10. The second-order valence-electron chi connectivity index (χ2n) is 5.68. The lowest BCUT2D eigenvalue weighted by molar-refractivity contribution is -0.135. The van der Waals surface area contributed by atoms with Gasteiger partial charge in [0.1, 0.15) is 0 Å². The van der Waals surface area contributed by atoms with Crippen LogP contribution in [0.1, 0.15) is 36.6 Å².